The van der Waals surface area contributed by atoms with Gasteiger partial charge in [-0.1, -0.05) is 44.0 Å². The standard InChI is InChI=1S/C27H36N4O4S/c1-5-6-7-8-19-9-11-20(12-10-19)27(4)17-22(23-15-16-31(29-23)18(2)3)24(25(32)28-27)26(33)30-36(34,35)21-13-14-21/h9-12,15-16,18,21H,5-8,13-14,17H2,1-4H3,(H,28,32)(H,30,33). The van der Waals surface area contributed by atoms with Crippen molar-refractivity contribution in [2.75, 3.05) is 0 Å². The molecule has 36 heavy (non-hydrogen) atoms. The first-order chi connectivity index (χ1) is 17.0. The number of hydrogen-bond acceptors (Lipinski definition) is 5. The Morgan fingerprint density at radius 2 is 1.89 bits per heavy atom. The average Bonchev–Trinajstić information content (AvgIpc) is 3.56. The maximum Gasteiger partial charge on any atom is 0.270 e. The second-order valence-corrected chi connectivity index (χ2v) is 12.4. The van der Waals surface area contributed by atoms with E-state index in [4.69, 9.17) is 0 Å². The highest BCUT2D eigenvalue weighted by Gasteiger charge is 2.43. The smallest absolute Gasteiger partial charge is 0.270 e. The van der Waals surface area contributed by atoms with Gasteiger partial charge in [-0.05, 0) is 63.6 Å². The summed E-state index contributed by atoms with van der Waals surface area (Å²) < 4.78 is 28.8. The first kappa shape index (κ1) is 26.1. The van der Waals surface area contributed by atoms with E-state index in [0.717, 1.165) is 18.4 Å². The monoisotopic (exact) mass is 512 g/mol. The van der Waals surface area contributed by atoms with Crippen LogP contribution in [-0.2, 0) is 31.6 Å². The molecule has 1 fully saturated rings. The molecule has 2 amide bonds. The van der Waals surface area contributed by atoms with E-state index in [-0.39, 0.29) is 11.6 Å². The lowest BCUT2D eigenvalue weighted by Crippen LogP contribution is -2.51. The van der Waals surface area contributed by atoms with Gasteiger partial charge in [0.05, 0.1) is 16.5 Å². The van der Waals surface area contributed by atoms with Crippen LogP contribution in [-0.4, -0.2) is 35.3 Å². The zero-order valence-electron chi connectivity index (χ0n) is 21.5. The summed E-state index contributed by atoms with van der Waals surface area (Å²) in [6, 6.07) is 10.1. The molecule has 0 spiro atoms. The molecular weight excluding hydrogens is 476 g/mol. The molecule has 1 saturated carbocycles. The number of carbonyl (C=O) groups excluding carboxylic acids is 2. The summed E-state index contributed by atoms with van der Waals surface area (Å²) in [7, 11) is -3.81. The molecule has 1 aliphatic heterocycles. The largest absolute Gasteiger partial charge is 0.342 e. The van der Waals surface area contributed by atoms with E-state index >= 15 is 0 Å². The third kappa shape index (κ3) is 5.56. The zero-order chi connectivity index (χ0) is 26.1. The summed E-state index contributed by atoms with van der Waals surface area (Å²) in [6.45, 7) is 8.08. The van der Waals surface area contributed by atoms with Gasteiger partial charge in [0, 0.05) is 24.2 Å². The van der Waals surface area contributed by atoms with E-state index in [1.165, 1.54) is 18.4 Å². The first-order valence-electron chi connectivity index (χ1n) is 12.8. The van der Waals surface area contributed by atoms with Gasteiger partial charge in [0.25, 0.3) is 11.8 Å². The Balaban J connectivity index is 1.69. The van der Waals surface area contributed by atoms with Crippen molar-refractivity contribution in [1.29, 1.82) is 0 Å². The number of rotatable bonds is 10. The molecule has 8 nitrogen and oxygen atoms in total. The van der Waals surface area contributed by atoms with Crippen molar-refractivity contribution in [2.45, 2.75) is 89.5 Å². The second-order valence-electron chi connectivity index (χ2n) is 10.4. The Labute approximate surface area is 213 Å². The van der Waals surface area contributed by atoms with Crippen molar-refractivity contribution in [2.24, 2.45) is 0 Å². The molecule has 1 unspecified atom stereocenters. The van der Waals surface area contributed by atoms with Crippen molar-refractivity contribution in [3.05, 3.63) is 58.9 Å². The summed E-state index contributed by atoms with van der Waals surface area (Å²) in [6.07, 6.45) is 7.65. The van der Waals surface area contributed by atoms with Crippen LogP contribution in [0, 0.1) is 0 Å². The molecule has 1 aromatic carbocycles. The first-order valence-corrected chi connectivity index (χ1v) is 14.4. The van der Waals surface area contributed by atoms with Crippen LogP contribution >= 0.6 is 0 Å². The molecule has 1 aromatic heterocycles. The Morgan fingerprint density at radius 1 is 1.19 bits per heavy atom. The molecular formula is C27H36N4O4S. The number of benzene rings is 1. The number of aromatic nitrogens is 2. The SMILES string of the molecule is CCCCCc1ccc(C2(C)CC(c3ccn(C(C)C)n3)=C(C(=O)NS(=O)(=O)C3CC3)C(=O)N2)cc1. The number of amides is 2. The molecule has 0 bridgehead atoms. The lowest BCUT2D eigenvalue weighted by atomic mass is 9.79. The number of carbonyl (C=O) groups is 2. The Kier molecular flexibility index (Phi) is 7.41. The maximum absolute atomic E-state index is 13.4. The predicted molar refractivity (Wildman–Crippen MR) is 139 cm³/mol. The van der Waals surface area contributed by atoms with E-state index in [1.54, 1.807) is 16.9 Å². The van der Waals surface area contributed by atoms with Gasteiger partial charge in [0.2, 0.25) is 10.0 Å². The third-order valence-corrected chi connectivity index (χ3v) is 8.80. The molecule has 2 heterocycles. The fraction of sp³-hybridized carbons (Fsp3) is 0.519. The zero-order valence-corrected chi connectivity index (χ0v) is 22.3. The van der Waals surface area contributed by atoms with Crippen LogP contribution in [0.25, 0.3) is 5.57 Å². The summed E-state index contributed by atoms with van der Waals surface area (Å²) in [4.78, 5) is 26.6. The molecule has 1 atom stereocenters. The van der Waals surface area contributed by atoms with Crippen LogP contribution in [0.2, 0.25) is 0 Å². The Hall–Kier alpha value is -2.94. The predicted octanol–water partition coefficient (Wildman–Crippen LogP) is 3.99. The molecule has 2 aromatic rings. The molecule has 4 rings (SSSR count). The molecule has 9 heteroatoms. The molecule has 0 radical (unpaired) electrons. The third-order valence-electron chi connectivity index (χ3n) is 6.98. The van der Waals surface area contributed by atoms with Gasteiger partial charge in [0.1, 0.15) is 5.57 Å². The number of aryl methyl sites for hydroxylation is 1. The van der Waals surface area contributed by atoms with Gasteiger partial charge in [-0.2, -0.15) is 5.10 Å². The minimum absolute atomic E-state index is 0.0934. The summed E-state index contributed by atoms with van der Waals surface area (Å²) in [5.74, 6) is -1.50. The highest BCUT2D eigenvalue weighted by molar-refractivity contribution is 7.91. The van der Waals surface area contributed by atoms with Gasteiger partial charge in [0.15, 0.2) is 0 Å². The van der Waals surface area contributed by atoms with Gasteiger partial charge in [-0.3, -0.25) is 14.3 Å². The van der Waals surface area contributed by atoms with Crippen LogP contribution in [0.4, 0.5) is 0 Å². The van der Waals surface area contributed by atoms with Gasteiger partial charge in [-0.15, -0.1) is 0 Å². The Morgan fingerprint density at radius 3 is 2.47 bits per heavy atom. The van der Waals surface area contributed by atoms with Gasteiger partial charge >= 0.3 is 0 Å². The van der Waals surface area contributed by atoms with Gasteiger partial charge < -0.3 is 5.32 Å². The summed E-state index contributed by atoms with van der Waals surface area (Å²) in [5, 5.41) is 7.02. The highest BCUT2D eigenvalue weighted by Crippen LogP contribution is 2.38. The van der Waals surface area contributed by atoms with Crippen LogP contribution in [0.15, 0.2) is 42.1 Å². The molecule has 194 valence electrons. The maximum atomic E-state index is 13.4. The van der Waals surface area contributed by atoms with E-state index in [9.17, 15) is 18.0 Å². The fourth-order valence-corrected chi connectivity index (χ4v) is 5.90. The van der Waals surface area contributed by atoms with E-state index in [0.29, 0.717) is 30.5 Å². The Bertz CT molecular complexity index is 1270. The van der Waals surface area contributed by atoms with Gasteiger partial charge in [-0.25, -0.2) is 13.1 Å². The number of nitrogens with zero attached hydrogens (tertiary/aromatic N) is 2. The average molecular weight is 513 g/mol. The number of nitrogens with one attached hydrogen (secondary N) is 2. The molecule has 1 aliphatic carbocycles. The van der Waals surface area contributed by atoms with Crippen molar-refractivity contribution < 1.29 is 18.0 Å². The van der Waals surface area contributed by atoms with Crippen molar-refractivity contribution in [3.8, 4) is 0 Å². The molecule has 0 saturated heterocycles. The fourth-order valence-electron chi connectivity index (χ4n) is 4.62. The highest BCUT2D eigenvalue weighted by atomic mass is 32.2. The van der Waals surface area contributed by atoms with Crippen LogP contribution in [0.1, 0.15) is 89.1 Å². The lowest BCUT2D eigenvalue weighted by molar-refractivity contribution is -0.124. The number of unbranched alkanes of at least 4 members (excludes halogenated alkanes) is 2. The van der Waals surface area contributed by atoms with Crippen LogP contribution in [0.3, 0.4) is 0 Å². The summed E-state index contributed by atoms with van der Waals surface area (Å²) in [5.41, 5.74) is 2.12. The van der Waals surface area contributed by atoms with Crippen molar-refractivity contribution in [3.63, 3.8) is 0 Å². The minimum Gasteiger partial charge on any atom is -0.342 e. The van der Waals surface area contributed by atoms with Crippen molar-refractivity contribution >= 4 is 27.4 Å². The van der Waals surface area contributed by atoms with Crippen molar-refractivity contribution in [1.82, 2.24) is 19.8 Å². The van der Waals surface area contributed by atoms with Crippen LogP contribution < -0.4 is 10.0 Å². The van der Waals surface area contributed by atoms with E-state index in [2.05, 4.69) is 34.2 Å². The number of hydrogen-bond donors (Lipinski definition) is 2. The van der Waals surface area contributed by atoms with E-state index < -0.39 is 32.6 Å². The quantitative estimate of drug-likeness (QED) is 0.369. The molecule has 2 aliphatic rings. The second kappa shape index (κ2) is 10.2. The topological polar surface area (TPSA) is 110 Å². The van der Waals surface area contributed by atoms with Crippen LogP contribution in [0.5, 0.6) is 0 Å². The normalized spacial score (nSPS) is 20.5. The number of sulfonamides is 1. The minimum atomic E-state index is -3.81. The summed E-state index contributed by atoms with van der Waals surface area (Å²) >= 11 is 0. The lowest BCUT2D eigenvalue weighted by Gasteiger charge is -2.37. The molecule has 2 N–H and O–H groups in total. The van der Waals surface area contributed by atoms with E-state index in [1.807, 2.05) is 32.9 Å².